The van der Waals surface area contributed by atoms with Gasteiger partial charge in [-0.15, -0.1) is 0 Å². The number of rotatable bonds is 4. The van der Waals surface area contributed by atoms with E-state index < -0.39 is 11.4 Å². The molecule has 2 aromatic rings. The maximum atomic E-state index is 12.1. The molecule has 0 amide bonds. The molecule has 3 N–H and O–H groups in total. The van der Waals surface area contributed by atoms with Crippen LogP contribution in [-0.2, 0) is 6.54 Å². The summed E-state index contributed by atoms with van der Waals surface area (Å²) >= 11 is 0. The van der Waals surface area contributed by atoms with E-state index in [0.29, 0.717) is 6.54 Å². The van der Waals surface area contributed by atoms with Gasteiger partial charge >= 0.3 is 5.97 Å². The molecule has 0 aliphatic carbocycles. The molecule has 2 heterocycles. The molecule has 1 aromatic heterocycles. The number of piperazine rings is 1. The van der Waals surface area contributed by atoms with Crippen LogP contribution in [-0.4, -0.2) is 60.3 Å². The second-order valence-electron chi connectivity index (χ2n) is 6.77. The predicted octanol–water partition coefficient (Wildman–Crippen LogP) is 1.95. The van der Waals surface area contributed by atoms with Crippen LogP contribution < -0.4 is 16.1 Å². The third kappa shape index (κ3) is 5.21. The van der Waals surface area contributed by atoms with Crippen LogP contribution in [0.3, 0.4) is 0 Å². The lowest BCUT2D eigenvalue weighted by atomic mass is 10.1. The summed E-state index contributed by atoms with van der Waals surface area (Å²) in [5, 5.41) is 9.12. The molecule has 1 aliphatic heterocycles. The smallest absolute Gasteiger partial charge is 0.341 e. The summed E-state index contributed by atoms with van der Waals surface area (Å²) in [5.74, 6) is -1.19. The number of carbonyl (C=O) groups is 1. The first-order valence-corrected chi connectivity index (χ1v) is 9.63. The molecule has 1 aliphatic rings. The Kier molecular flexibility index (Phi) is 7.78. The van der Waals surface area contributed by atoms with E-state index >= 15 is 0 Å². The predicted molar refractivity (Wildman–Crippen MR) is 113 cm³/mol. The highest BCUT2D eigenvalue weighted by Crippen LogP contribution is 2.23. The molecule has 0 unspecified atom stereocenters. The van der Waals surface area contributed by atoms with E-state index in [1.807, 2.05) is 26.0 Å². The maximum Gasteiger partial charge on any atom is 0.341 e. The van der Waals surface area contributed by atoms with Gasteiger partial charge in [0.25, 0.3) is 0 Å². The minimum atomic E-state index is -1.19. The zero-order valence-electron chi connectivity index (χ0n) is 16.9. The summed E-state index contributed by atoms with van der Waals surface area (Å²) in [6.07, 6.45) is 1.42. The van der Waals surface area contributed by atoms with Crippen molar-refractivity contribution >= 4 is 11.7 Å². The second-order valence-corrected chi connectivity index (χ2v) is 6.77. The lowest BCUT2D eigenvalue weighted by Crippen LogP contribution is -2.44. The minimum Gasteiger partial charge on any atom is -0.477 e. The van der Waals surface area contributed by atoms with Gasteiger partial charge in [0.2, 0.25) is 0 Å². The van der Waals surface area contributed by atoms with Crippen LogP contribution in [0.1, 0.15) is 24.2 Å². The van der Waals surface area contributed by atoms with Crippen molar-refractivity contribution in [1.82, 2.24) is 9.47 Å². The molecule has 3 rings (SSSR count). The zero-order valence-corrected chi connectivity index (χ0v) is 16.9. The second kappa shape index (κ2) is 10.1. The van der Waals surface area contributed by atoms with Gasteiger partial charge in [-0.3, -0.25) is 4.79 Å². The number of pyridine rings is 1. The molecular weight excluding hydrogens is 356 g/mol. The molecule has 1 saturated heterocycles. The fourth-order valence-corrected chi connectivity index (χ4v) is 3.15. The number of hydrogen-bond acceptors (Lipinski definition) is 5. The van der Waals surface area contributed by atoms with Gasteiger partial charge < -0.3 is 25.2 Å². The number of likely N-dealkylation sites (N-methyl/N-ethyl adjacent to an activating group) is 1. The quantitative estimate of drug-likeness (QED) is 0.835. The van der Waals surface area contributed by atoms with Crippen LogP contribution in [0.15, 0.2) is 41.3 Å². The molecule has 7 heteroatoms. The van der Waals surface area contributed by atoms with Gasteiger partial charge in [-0.2, -0.15) is 0 Å². The Labute approximate surface area is 166 Å². The lowest BCUT2D eigenvalue weighted by Gasteiger charge is -2.34. The van der Waals surface area contributed by atoms with Crippen molar-refractivity contribution < 1.29 is 9.90 Å². The molecule has 152 valence electrons. The fourth-order valence-electron chi connectivity index (χ4n) is 3.15. The Bertz CT molecular complexity index is 838. The van der Waals surface area contributed by atoms with Crippen molar-refractivity contribution in [3.05, 3.63) is 52.3 Å². The number of carboxylic acids is 1. The highest BCUT2D eigenvalue weighted by Gasteiger charge is 2.16. The van der Waals surface area contributed by atoms with Gasteiger partial charge in [0.05, 0.1) is 5.69 Å². The van der Waals surface area contributed by atoms with Gasteiger partial charge in [0.1, 0.15) is 5.56 Å². The molecule has 0 spiro atoms. The normalized spacial score (nSPS) is 14.4. The molecule has 0 bridgehead atoms. The average Bonchev–Trinajstić information content (AvgIpc) is 2.69. The number of aromatic nitrogens is 1. The number of hydrogen-bond donors (Lipinski definition) is 2. The topological polar surface area (TPSA) is 91.8 Å². The first kappa shape index (κ1) is 21.7. The summed E-state index contributed by atoms with van der Waals surface area (Å²) in [6.45, 7) is 9.28. The zero-order chi connectivity index (χ0) is 20.7. The van der Waals surface area contributed by atoms with Gasteiger partial charge in [-0.05, 0) is 38.2 Å². The SMILES string of the molecule is CCN.CCn1cc(C(=O)O)c(=O)cc1-c1ccc(N2CCN(C)CC2)cc1. The summed E-state index contributed by atoms with van der Waals surface area (Å²) < 4.78 is 1.80. The van der Waals surface area contributed by atoms with Crippen molar-refractivity contribution in [2.24, 2.45) is 5.73 Å². The number of nitrogens with two attached hydrogens (primary N) is 1. The first-order valence-electron chi connectivity index (χ1n) is 9.63. The van der Waals surface area contributed by atoms with Crippen molar-refractivity contribution in [1.29, 1.82) is 0 Å². The number of benzene rings is 1. The summed E-state index contributed by atoms with van der Waals surface area (Å²) in [6, 6.07) is 9.54. The van der Waals surface area contributed by atoms with E-state index in [1.165, 1.54) is 18.0 Å². The maximum absolute atomic E-state index is 12.1. The minimum absolute atomic E-state index is 0.195. The number of aromatic carboxylic acids is 1. The molecule has 1 aromatic carbocycles. The number of aryl methyl sites for hydroxylation is 1. The largest absolute Gasteiger partial charge is 0.477 e. The Morgan fingerprint density at radius 3 is 2.18 bits per heavy atom. The Balaban J connectivity index is 0.000000878. The average molecular weight is 386 g/mol. The lowest BCUT2D eigenvalue weighted by molar-refractivity contribution is 0.0694. The van der Waals surface area contributed by atoms with Crippen LogP contribution >= 0.6 is 0 Å². The number of nitrogens with zero attached hydrogens (tertiary/aromatic N) is 3. The van der Waals surface area contributed by atoms with Crippen molar-refractivity contribution in [2.45, 2.75) is 20.4 Å². The van der Waals surface area contributed by atoms with Crippen LogP contribution in [0.25, 0.3) is 11.3 Å². The molecule has 0 radical (unpaired) electrons. The van der Waals surface area contributed by atoms with Gasteiger partial charge in [0.15, 0.2) is 5.43 Å². The fraction of sp³-hybridized carbons (Fsp3) is 0.429. The molecule has 7 nitrogen and oxygen atoms in total. The van der Waals surface area contributed by atoms with Crippen LogP contribution in [0.4, 0.5) is 5.69 Å². The van der Waals surface area contributed by atoms with E-state index in [1.54, 1.807) is 4.57 Å². The summed E-state index contributed by atoms with van der Waals surface area (Å²) in [7, 11) is 2.13. The van der Waals surface area contributed by atoms with E-state index in [0.717, 1.165) is 44.0 Å². The monoisotopic (exact) mass is 386 g/mol. The van der Waals surface area contributed by atoms with E-state index in [2.05, 4.69) is 29.0 Å². The Hall–Kier alpha value is -2.64. The van der Waals surface area contributed by atoms with E-state index in [4.69, 9.17) is 10.8 Å². The van der Waals surface area contributed by atoms with Crippen molar-refractivity contribution in [3.8, 4) is 11.3 Å². The number of carboxylic acid groups (broad SMARTS) is 1. The molecule has 0 saturated carbocycles. The third-order valence-electron chi connectivity index (χ3n) is 4.73. The van der Waals surface area contributed by atoms with Crippen LogP contribution in [0, 0.1) is 0 Å². The summed E-state index contributed by atoms with van der Waals surface area (Å²) in [5.41, 5.74) is 7.01. The standard InChI is InChI=1S/C19H23N3O3.C2H7N/c1-3-21-13-16(19(24)25)18(23)12-17(21)14-4-6-15(7-5-14)22-10-8-20(2)9-11-22;1-2-3/h4-7,12-13H,3,8-11H2,1-2H3,(H,24,25);2-3H2,1H3. The van der Waals surface area contributed by atoms with Gasteiger partial charge in [0, 0.05) is 50.7 Å². The van der Waals surface area contributed by atoms with E-state index in [-0.39, 0.29) is 5.56 Å². The molecule has 1 fully saturated rings. The van der Waals surface area contributed by atoms with Crippen molar-refractivity contribution in [2.75, 3.05) is 44.7 Å². The highest BCUT2D eigenvalue weighted by molar-refractivity contribution is 5.87. The Morgan fingerprint density at radius 1 is 1.11 bits per heavy atom. The third-order valence-corrected chi connectivity index (χ3v) is 4.73. The van der Waals surface area contributed by atoms with Gasteiger partial charge in [-0.25, -0.2) is 4.79 Å². The Morgan fingerprint density at radius 2 is 1.68 bits per heavy atom. The molecular formula is C21H30N4O3. The molecule has 0 atom stereocenters. The van der Waals surface area contributed by atoms with Crippen LogP contribution in [0.2, 0.25) is 0 Å². The first-order chi connectivity index (χ1) is 13.4. The molecule has 28 heavy (non-hydrogen) atoms. The van der Waals surface area contributed by atoms with E-state index in [9.17, 15) is 9.59 Å². The van der Waals surface area contributed by atoms with Crippen molar-refractivity contribution in [3.63, 3.8) is 0 Å². The number of anilines is 1. The highest BCUT2D eigenvalue weighted by atomic mass is 16.4. The van der Waals surface area contributed by atoms with Crippen LogP contribution in [0.5, 0.6) is 0 Å². The van der Waals surface area contributed by atoms with Gasteiger partial charge in [-0.1, -0.05) is 19.1 Å². The summed E-state index contributed by atoms with van der Waals surface area (Å²) in [4.78, 5) is 27.9.